The molecule has 0 aromatic rings. The molecule has 0 saturated carbocycles. The van der Waals surface area contributed by atoms with Crippen LogP contribution in [-0.2, 0) is 65.4 Å². The highest BCUT2D eigenvalue weighted by atomic mass is 31.2. The van der Waals surface area contributed by atoms with Crippen molar-refractivity contribution in [2.45, 2.75) is 395 Å². The van der Waals surface area contributed by atoms with Crippen LogP contribution in [0.2, 0.25) is 0 Å². The predicted molar refractivity (Wildman–Crippen MR) is 381 cm³/mol. The highest BCUT2D eigenvalue weighted by Crippen LogP contribution is 2.45. The van der Waals surface area contributed by atoms with Gasteiger partial charge in [-0.25, -0.2) is 9.13 Å². The number of aliphatic hydroxyl groups is 1. The maximum Gasteiger partial charge on any atom is 0.472 e. The molecular weight excluding hydrogens is 1230 g/mol. The molecule has 0 aliphatic carbocycles. The van der Waals surface area contributed by atoms with Crippen LogP contribution in [-0.4, -0.2) is 96.7 Å². The summed E-state index contributed by atoms with van der Waals surface area (Å²) in [6.45, 7) is 14.2. The Bertz CT molecular complexity index is 1850. The van der Waals surface area contributed by atoms with E-state index in [1.807, 2.05) is 0 Å². The number of phosphoric acid groups is 2. The standard InChI is InChI=1S/C75H146O17P2/c1-9-67(7)53-45-37-29-21-15-13-11-12-14-16-22-33-41-49-57-74(79)91-70(61-85-72(77)55-47-39-31-23-17-19-27-35-43-51-65(3)4)63-89-93(81,82)87-59-69(76)60-88-94(83,84)90-64-71(92-75(80)58-50-42-34-24-18-20-28-36-44-52-66(5)6)62-86-73(78)56-48-40-32-26-25-30-38-46-54-68(8)10-2/h65-71,76H,9-64H2,1-8H3,(H,81,82)(H,83,84)/t67?,68?,69-,70-,71-/m1/s1. The summed E-state index contributed by atoms with van der Waals surface area (Å²) in [7, 11) is -9.91. The van der Waals surface area contributed by atoms with E-state index in [4.69, 9.17) is 37.0 Å². The zero-order chi connectivity index (χ0) is 69.6. The Hall–Kier alpha value is -1.94. The molecular formula is C75H146O17P2. The van der Waals surface area contributed by atoms with Crippen LogP contribution < -0.4 is 0 Å². The topological polar surface area (TPSA) is 237 Å². The van der Waals surface area contributed by atoms with Gasteiger partial charge in [-0.05, 0) is 49.4 Å². The van der Waals surface area contributed by atoms with E-state index in [2.05, 4.69) is 55.4 Å². The summed E-state index contributed by atoms with van der Waals surface area (Å²) in [4.78, 5) is 72.8. The minimum Gasteiger partial charge on any atom is -0.462 e. The summed E-state index contributed by atoms with van der Waals surface area (Å²) >= 11 is 0. The number of carbonyl (C=O) groups is 4. The lowest BCUT2D eigenvalue weighted by molar-refractivity contribution is -0.161. The fourth-order valence-electron chi connectivity index (χ4n) is 11.3. The lowest BCUT2D eigenvalue weighted by Gasteiger charge is -2.21. The molecule has 0 aliphatic rings. The van der Waals surface area contributed by atoms with Gasteiger partial charge in [0.15, 0.2) is 12.2 Å². The van der Waals surface area contributed by atoms with Gasteiger partial charge in [-0.1, -0.05) is 325 Å². The Balaban J connectivity index is 5.26. The van der Waals surface area contributed by atoms with Crippen LogP contribution in [0, 0.1) is 23.7 Å². The molecule has 0 aliphatic heterocycles. The maximum absolute atomic E-state index is 13.1. The van der Waals surface area contributed by atoms with Crippen molar-refractivity contribution in [1.82, 2.24) is 0 Å². The van der Waals surface area contributed by atoms with E-state index in [0.29, 0.717) is 25.7 Å². The van der Waals surface area contributed by atoms with Gasteiger partial charge in [0.1, 0.15) is 19.3 Å². The lowest BCUT2D eigenvalue weighted by Crippen LogP contribution is -2.30. The van der Waals surface area contributed by atoms with E-state index in [9.17, 15) is 43.2 Å². The average Bonchev–Trinajstić information content (AvgIpc) is 1.25. The second-order valence-corrected chi connectivity index (χ2v) is 31.4. The monoisotopic (exact) mass is 1380 g/mol. The summed E-state index contributed by atoms with van der Waals surface area (Å²) in [5, 5.41) is 10.6. The van der Waals surface area contributed by atoms with E-state index in [1.165, 1.54) is 180 Å². The van der Waals surface area contributed by atoms with E-state index in [0.717, 1.165) is 114 Å². The zero-order valence-electron chi connectivity index (χ0n) is 61.6. The van der Waals surface area contributed by atoms with Crippen LogP contribution in [0.4, 0.5) is 0 Å². The second-order valence-electron chi connectivity index (χ2n) is 28.5. The summed E-state index contributed by atoms with van der Waals surface area (Å²) in [6, 6.07) is 0. The molecule has 17 nitrogen and oxygen atoms in total. The van der Waals surface area contributed by atoms with Crippen molar-refractivity contribution in [2.24, 2.45) is 23.7 Å². The van der Waals surface area contributed by atoms with Gasteiger partial charge in [-0.2, -0.15) is 0 Å². The number of ether oxygens (including phenoxy) is 4. The molecule has 0 bridgehead atoms. The number of rotatable bonds is 72. The summed E-state index contributed by atoms with van der Waals surface area (Å²) < 4.78 is 68.5. The van der Waals surface area contributed by atoms with E-state index >= 15 is 0 Å². The molecule has 7 atom stereocenters. The molecule has 4 unspecified atom stereocenters. The van der Waals surface area contributed by atoms with E-state index < -0.39 is 97.5 Å². The Labute approximate surface area is 575 Å². The molecule has 558 valence electrons. The molecule has 0 fully saturated rings. The SMILES string of the molecule is CCC(C)CCCCCCCCCCCCCCCCC(=O)O[C@H](COC(=O)CCCCCCCCCCCC(C)C)COP(=O)(O)OC[C@@H](O)COP(=O)(O)OC[C@@H](COC(=O)CCCCCCCCCCC(C)CC)OC(=O)CCCCCCCCCCCC(C)C. The molecule has 0 rings (SSSR count). The van der Waals surface area contributed by atoms with Crippen molar-refractivity contribution >= 4 is 39.5 Å². The van der Waals surface area contributed by atoms with Crippen LogP contribution in [0.15, 0.2) is 0 Å². The van der Waals surface area contributed by atoms with Gasteiger partial charge in [0.05, 0.1) is 26.4 Å². The predicted octanol–water partition coefficient (Wildman–Crippen LogP) is 21.7. The first-order valence-electron chi connectivity index (χ1n) is 38.8. The van der Waals surface area contributed by atoms with Gasteiger partial charge in [-0.3, -0.25) is 37.3 Å². The second kappa shape index (κ2) is 64.4. The number of hydrogen-bond acceptors (Lipinski definition) is 15. The smallest absolute Gasteiger partial charge is 0.462 e. The molecule has 0 heterocycles. The number of aliphatic hydroxyl groups excluding tert-OH is 1. The lowest BCUT2D eigenvalue weighted by atomic mass is 9.99. The van der Waals surface area contributed by atoms with Crippen molar-refractivity contribution in [1.29, 1.82) is 0 Å². The average molecular weight is 1380 g/mol. The highest BCUT2D eigenvalue weighted by Gasteiger charge is 2.30. The van der Waals surface area contributed by atoms with Crippen molar-refractivity contribution in [3.8, 4) is 0 Å². The van der Waals surface area contributed by atoms with Gasteiger partial charge in [0.2, 0.25) is 0 Å². The van der Waals surface area contributed by atoms with Crippen molar-refractivity contribution in [3.63, 3.8) is 0 Å². The van der Waals surface area contributed by atoms with Gasteiger partial charge in [-0.15, -0.1) is 0 Å². The first kappa shape index (κ1) is 92.1. The Kier molecular flexibility index (Phi) is 63.1. The molecule has 3 N–H and O–H groups in total. The quantitative estimate of drug-likeness (QED) is 0.0222. The number of hydrogen-bond donors (Lipinski definition) is 3. The third kappa shape index (κ3) is 66.0. The Morgan fingerprint density at radius 1 is 0.298 bits per heavy atom. The van der Waals surface area contributed by atoms with Gasteiger partial charge >= 0.3 is 39.5 Å². The molecule has 0 amide bonds. The van der Waals surface area contributed by atoms with Crippen LogP contribution in [0.5, 0.6) is 0 Å². The Morgan fingerprint density at radius 3 is 0.755 bits per heavy atom. The van der Waals surface area contributed by atoms with Crippen molar-refractivity contribution < 1.29 is 80.2 Å². The normalized spacial score (nSPS) is 14.7. The summed E-state index contributed by atoms with van der Waals surface area (Å²) in [5.41, 5.74) is 0. The summed E-state index contributed by atoms with van der Waals surface area (Å²) in [5.74, 6) is 0.981. The van der Waals surface area contributed by atoms with E-state index in [-0.39, 0.29) is 25.7 Å². The first-order chi connectivity index (χ1) is 45.2. The fourth-order valence-corrected chi connectivity index (χ4v) is 12.9. The third-order valence-electron chi connectivity index (χ3n) is 18.0. The molecule has 0 aromatic heterocycles. The maximum atomic E-state index is 13.1. The third-order valence-corrected chi connectivity index (χ3v) is 19.9. The summed E-state index contributed by atoms with van der Waals surface area (Å²) in [6.07, 6.45) is 48.5. The Morgan fingerprint density at radius 2 is 0.511 bits per heavy atom. The molecule has 0 spiro atoms. The van der Waals surface area contributed by atoms with Gasteiger partial charge in [0.25, 0.3) is 0 Å². The van der Waals surface area contributed by atoms with Gasteiger partial charge < -0.3 is 33.8 Å². The molecule has 94 heavy (non-hydrogen) atoms. The van der Waals surface area contributed by atoms with Crippen LogP contribution in [0.3, 0.4) is 0 Å². The van der Waals surface area contributed by atoms with Crippen molar-refractivity contribution in [2.75, 3.05) is 39.6 Å². The van der Waals surface area contributed by atoms with Crippen molar-refractivity contribution in [3.05, 3.63) is 0 Å². The first-order valence-corrected chi connectivity index (χ1v) is 41.8. The van der Waals surface area contributed by atoms with Crippen LogP contribution in [0.25, 0.3) is 0 Å². The molecule has 0 saturated heterocycles. The number of phosphoric ester groups is 2. The largest absolute Gasteiger partial charge is 0.472 e. The van der Waals surface area contributed by atoms with E-state index in [1.54, 1.807) is 0 Å². The minimum atomic E-state index is -4.96. The minimum absolute atomic E-state index is 0.104. The van der Waals surface area contributed by atoms with Crippen LogP contribution in [0.1, 0.15) is 376 Å². The number of esters is 4. The molecule has 19 heteroatoms. The zero-order valence-corrected chi connectivity index (χ0v) is 63.4. The highest BCUT2D eigenvalue weighted by molar-refractivity contribution is 7.47. The molecule has 0 radical (unpaired) electrons. The fraction of sp³-hybridized carbons (Fsp3) is 0.947. The number of carbonyl (C=O) groups excluding carboxylic acids is 4. The van der Waals surface area contributed by atoms with Gasteiger partial charge in [0, 0.05) is 25.7 Å². The number of unbranched alkanes of at least 4 members (excludes halogenated alkanes) is 36. The molecule has 0 aromatic carbocycles. The van der Waals surface area contributed by atoms with Crippen LogP contribution >= 0.6 is 15.6 Å².